The molecule has 19 heavy (non-hydrogen) atoms. The molecule has 3 rings (SSSR count). The molecule has 2 nitrogen and oxygen atoms in total. The Labute approximate surface area is 123 Å². The van der Waals surface area contributed by atoms with Crippen LogP contribution in [0.25, 0.3) is 10.2 Å². The standard InChI is InChI=1S/C15H20N2S2/c1-18-15-17-13-8-7-12(9-14(13)19-15)16-10-11-5-3-2-4-6-11/h7-9,11,16H,2-6,10H2,1H3. The molecule has 1 aliphatic carbocycles. The maximum atomic E-state index is 4.58. The van der Waals surface area contributed by atoms with Crippen LogP contribution in [0, 0.1) is 5.92 Å². The van der Waals surface area contributed by atoms with Crippen LogP contribution in [0.4, 0.5) is 5.69 Å². The highest BCUT2D eigenvalue weighted by Crippen LogP contribution is 2.30. The Bertz CT molecular complexity index is 544. The molecule has 1 N–H and O–H groups in total. The zero-order chi connectivity index (χ0) is 13.1. The van der Waals surface area contributed by atoms with Crippen molar-refractivity contribution in [1.29, 1.82) is 0 Å². The van der Waals surface area contributed by atoms with E-state index in [2.05, 4.69) is 34.8 Å². The number of hydrogen-bond donors (Lipinski definition) is 1. The Morgan fingerprint density at radius 2 is 2.16 bits per heavy atom. The first kappa shape index (κ1) is 13.3. The van der Waals surface area contributed by atoms with E-state index in [1.807, 2.05) is 0 Å². The fourth-order valence-electron chi connectivity index (χ4n) is 2.75. The van der Waals surface area contributed by atoms with Crippen molar-refractivity contribution in [3.8, 4) is 0 Å². The van der Waals surface area contributed by atoms with E-state index >= 15 is 0 Å². The Morgan fingerprint density at radius 3 is 2.95 bits per heavy atom. The third kappa shape index (κ3) is 3.23. The number of aromatic nitrogens is 1. The summed E-state index contributed by atoms with van der Waals surface area (Å²) in [6.07, 6.45) is 9.13. The maximum Gasteiger partial charge on any atom is 0.150 e. The van der Waals surface area contributed by atoms with Gasteiger partial charge in [-0.1, -0.05) is 31.0 Å². The van der Waals surface area contributed by atoms with Crippen molar-refractivity contribution in [3.63, 3.8) is 0 Å². The minimum atomic E-state index is 0.868. The fraction of sp³-hybridized carbons (Fsp3) is 0.533. The van der Waals surface area contributed by atoms with Crippen molar-refractivity contribution in [2.75, 3.05) is 18.1 Å². The van der Waals surface area contributed by atoms with Crippen molar-refractivity contribution < 1.29 is 0 Å². The molecule has 1 saturated carbocycles. The largest absolute Gasteiger partial charge is 0.385 e. The summed E-state index contributed by atoms with van der Waals surface area (Å²) in [7, 11) is 0. The zero-order valence-corrected chi connectivity index (χ0v) is 12.9. The lowest BCUT2D eigenvalue weighted by atomic mass is 9.89. The summed E-state index contributed by atoms with van der Waals surface area (Å²) in [5, 5.41) is 3.61. The van der Waals surface area contributed by atoms with Gasteiger partial charge < -0.3 is 5.32 Å². The Balaban J connectivity index is 1.66. The minimum Gasteiger partial charge on any atom is -0.385 e. The second kappa shape index (κ2) is 6.14. The molecule has 102 valence electrons. The van der Waals surface area contributed by atoms with Crippen molar-refractivity contribution >= 4 is 39.0 Å². The third-order valence-corrected chi connectivity index (χ3v) is 5.87. The summed E-state index contributed by atoms with van der Waals surface area (Å²) in [5.74, 6) is 0.868. The minimum absolute atomic E-state index is 0.868. The quantitative estimate of drug-likeness (QED) is 0.802. The molecule has 1 fully saturated rings. The Hall–Kier alpha value is -0.740. The highest BCUT2D eigenvalue weighted by Gasteiger charge is 2.13. The van der Waals surface area contributed by atoms with Gasteiger partial charge in [-0.05, 0) is 43.2 Å². The first-order valence-electron chi connectivity index (χ1n) is 7.03. The molecule has 4 heteroatoms. The van der Waals surface area contributed by atoms with Gasteiger partial charge >= 0.3 is 0 Å². The highest BCUT2D eigenvalue weighted by atomic mass is 32.2. The van der Waals surface area contributed by atoms with E-state index in [4.69, 9.17) is 0 Å². The topological polar surface area (TPSA) is 24.9 Å². The van der Waals surface area contributed by atoms with Gasteiger partial charge in [0.25, 0.3) is 0 Å². The lowest BCUT2D eigenvalue weighted by Crippen LogP contribution is -2.16. The van der Waals surface area contributed by atoms with E-state index in [0.29, 0.717) is 0 Å². The average Bonchev–Trinajstić information content (AvgIpc) is 2.88. The van der Waals surface area contributed by atoms with Crippen molar-refractivity contribution in [3.05, 3.63) is 18.2 Å². The van der Waals surface area contributed by atoms with Gasteiger partial charge in [0.1, 0.15) is 0 Å². The molecule has 0 radical (unpaired) electrons. The van der Waals surface area contributed by atoms with Crippen molar-refractivity contribution in [1.82, 2.24) is 4.98 Å². The number of thiazole rings is 1. The van der Waals surface area contributed by atoms with Gasteiger partial charge in [-0.3, -0.25) is 0 Å². The van der Waals surface area contributed by atoms with Crippen molar-refractivity contribution in [2.24, 2.45) is 5.92 Å². The molecule has 1 heterocycles. The van der Waals surface area contributed by atoms with Crippen LogP contribution in [0.15, 0.2) is 22.5 Å². The molecule has 0 spiro atoms. The van der Waals surface area contributed by atoms with Crippen LogP contribution in [0.1, 0.15) is 32.1 Å². The molecular weight excluding hydrogens is 272 g/mol. The molecule has 1 aromatic carbocycles. The molecule has 2 aromatic rings. The van der Waals surface area contributed by atoms with Gasteiger partial charge in [0.15, 0.2) is 4.34 Å². The van der Waals surface area contributed by atoms with Crippen LogP contribution in [0.3, 0.4) is 0 Å². The summed E-state index contributed by atoms with van der Waals surface area (Å²) in [6.45, 7) is 1.12. The number of nitrogens with one attached hydrogen (secondary N) is 1. The molecule has 0 amide bonds. The third-order valence-electron chi connectivity index (χ3n) is 3.86. The second-order valence-corrected chi connectivity index (χ2v) is 7.34. The van der Waals surface area contributed by atoms with E-state index in [0.717, 1.165) is 22.3 Å². The van der Waals surface area contributed by atoms with Crippen LogP contribution >= 0.6 is 23.1 Å². The number of anilines is 1. The smallest absolute Gasteiger partial charge is 0.150 e. The van der Waals surface area contributed by atoms with E-state index < -0.39 is 0 Å². The van der Waals surface area contributed by atoms with Crippen LogP contribution in [0.5, 0.6) is 0 Å². The van der Waals surface area contributed by atoms with Gasteiger partial charge in [-0.25, -0.2) is 4.98 Å². The number of rotatable bonds is 4. The predicted molar refractivity (Wildman–Crippen MR) is 86.5 cm³/mol. The lowest BCUT2D eigenvalue weighted by molar-refractivity contribution is 0.373. The summed E-state index contributed by atoms with van der Waals surface area (Å²) >= 11 is 3.51. The maximum absolute atomic E-state index is 4.58. The summed E-state index contributed by atoms with van der Waals surface area (Å²) in [5.41, 5.74) is 2.37. The van der Waals surface area contributed by atoms with Crippen LogP contribution in [0.2, 0.25) is 0 Å². The van der Waals surface area contributed by atoms with Gasteiger partial charge in [0.2, 0.25) is 0 Å². The first-order valence-corrected chi connectivity index (χ1v) is 9.08. The van der Waals surface area contributed by atoms with Crippen molar-refractivity contribution in [2.45, 2.75) is 36.4 Å². The molecular formula is C15H20N2S2. The zero-order valence-electron chi connectivity index (χ0n) is 11.3. The average molecular weight is 292 g/mol. The normalized spacial score (nSPS) is 16.9. The summed E-state index contributed by atoms with van der Waals surface area (Å²) < 4.78 is 2.44. The monoisotopic (exact) mass is 292 g/mol. The number of thioether (sulfide) groups is 1. The molecule has 0 aliphatic heterocycles. The SMILES string of the molecule is CSc1nc2ccc(NCC3CCCCC3)cc2s1. The van der Waals surface area contributed by atoms with E-state index in [1.165, 1.54) is 42.5 Å². The van der Waals surface area contributed by atoms with Crippen LogP contribution < -0.4 is 5.32 Å². The highest BCUT2D eigenvalue weighted by molar-refractivity contribution is 8.00. The Kier molecular flexibility index (Phi) is 4.28. The molecule has 0 unspecified atom stereocenters. The predicted octanol–water partition coefficient (Wildman–Crippen LogP) is 5.01. The van der Waals surface area contributed by atoms with Crippen LogP contribution in [-0.2, 0) is 0 Å². The summed E-state index contributed by atoms with van der Waals surface area (Å²) in [6, 6.07) is 6.54. The van der Waals surface area contributed by atoms with Gasteiger partial charge in [0.05, 0.1) is 10.2 Å². The molecule has 0 saturated heterocycles. The summed E-state index contributed by atoms with van der Waals surface area (Å²) in [4.78, 5) is 4.58. The fourth-order valence-corrected chi connectivity index (χ4v) is 4.28. The van der Waals surface area contributed by atoms with Crippen LogP contribution in [-0.4, -0.2) is 17.8 Å². The van der Waals surface area contributed by atoms with Gasteiger partial charge in [-0.15, -0.1) is 11.3 Å². The van der Waals surface area contributed by atoms with E-state index in [1.54, 1.807) is 23.1 Å². The number of hydrogen-bond acceptors (Lipinski definition) is 4. The number of fused-ring (bicyclic) bond motifs is 1. The molecule has 0 bridgehead atoms. The molecule has 0 atom stereocenters. The first-order chi connectivity index (χ1) is 9.35. The van der Waals surface area contributed by atoms with Gasteiger partial charge in [0, 0.05) is 12.2 Å². The number of nitrogens with zero attached hydrogens (tertiary/aromatic N) is 1. The van der Waals surface area contributed by atoms with E-state index in [-0.39, 0.29) is 0 Å². The molecule has 1 aliphatic rings. The lowest BCUT2D eigenvalue weighted by Gasteiger charge is -2.22. The second-order valence-electron chi connectivity index (χ2n) is 5.25. The molecule has 1 aromatic heterocycles. The Morgan fingerprint density at radius 1 is 1.32 bits per heavy atom. The van der Waals surface area contributed by atoms with Gasteiger partial charge in [-0.2, -0.15) is 0 Å². The number of benzene rings is 1. The van der Waals surface area contributed by atoms with E-state index in [9.17, 15) is 0 Å².